The number of amides is 2. The minimum atomic E-state index is 0.0350. The number of likely N-dealkylation sites (tertiary alicyclic amines) is 1. The van der Waals surface area contributed by atoms with E-state index in [1.54, 1.807) is 6.20 Å². The molecule has 0 radical (unpaired) electrons. The summed E-state index contributed by atoms with van der Waals surface area (Å²) in [6.07, 6.45) is 3.97. The van der Waals surface area contributed by atoms with Crippen molar-refractivity contribution in [1.82, 2.24) is 20.1 Å². The average molecular weight is 368 g/mol. The van der Waals surface area contributed by atoms with Crippen LogP contribution in [0.3, 0.4) is 0 Å². The van der Waals surface area contributed by atoms with E-state index in [1.165, 1.54) is 0 Å². The van der Waals surface area contributed by atoms with Crippen LogP contribution in [0.4, 0.5) is 4.79 Å². The third-order valence-electron chi connectivity index (χ3n) is 5.67. The van der Waals surface area contributed by atoms with Crippen LogP contribution in [0, 0.1) is 5.92 Å². The fourth-order valence-corrected chi connectivity index (χ4v) is 4.06. The summed E-state index contributed by atoms with van der Waals surface area (Å²) in [6, 6.07) is 10.1. The van der Waals surface area contributed by atoms with Crippen molar-refractivity contribution in [2.45, 2.75) is 19.4 Å². The van der Waals surface area contributed by atoms with Crippen molar-refractivity contribution in [3.8, 4) is 0 Å². The van der Waals surface area contributed by atoms with Gasteiger partial charge in [-0.2, -0.15) is 0 Å². The van der Waals surface area contributed by atoms with Gasteiger partial charge < -0.3 is 15.0 Å². The smallest absolute Gasteiger partial charge is 0.317 e. The molecule has 0 spiro atoms. The predicted octanol–water partition coefficient (Wildman–Crippen LogP) is 2.49. The topological polar surface area (TPSA) is 57.7 Å². The van der Waals surface area contributed by atoms with Crippen LogP contribution in [-0.2, 0) is 11.3 Å². The van der Waals surface area contributed by atoms with Crippen LogP contribution in [-0.4, -0.2) is 66.8 Å². The van der Waals surface area contributed by atoms with Gasteiger partial charge in [0, 0.05) is 50.9 Å². The van der Waals surface area contributed by atoms with E-state index in [0.717, 1.165) is 75.2 Å². The molecule has 0 unspecified atom stereocenters. The highest BCUT2D eigenvalue weighted by Gasteiger charge is 2.24. The van der Waals surface area contributed by atoms with Crippen LogP contribution in [0.2, 0.25) is 0 Å². The fourth-order valence-electron chi connectivity index (χ4n) is 4.06. The van der Waals surface area contributed by atoms with E-state index < -0.39 is 0 Å². The van der Waals surface area contributed by atoms with Gasteiger partial charge in [-0.05, 0) is 30.4 Å². The van der Waals surface area contributed by atoms with Crippen molar-refractivity contribution < 1.29 is 9.53 Å². The lowest BCUT2D eigenvalue weighted by molar-refractivity contribution is 0.0258. The molecule has 3 heterocycles. The summed E-state index contributed by atoms with van der Waals surface area (Å²) in [6.45, 7) is 7.12. The molecule has 6 nitrogen and oxygen atoms in total. The van der Waals surface area contributed by atoms with Crippen molar-refractivity contribution in [3.63, 3.8) is 0 Å². The van der Waals surface area contributed by atoms with Crippen LogP contribution >= 0.6 is 0 Å². The van der Waals surface area contributed by atoms with E-state index in [9.17, 15) is 4.79 Å². The summed E-state index contributed by atoms with van der Waals surface area (Å²) < 4.78 is 5.42. The van der Waals surface area contributed by atoms with Gasteiger partial charge in [-0.25, -0.2) is 4.79 Å². The van der Waals surface area contributed by atoms with Crippen LogP contribution in [0.25, 0.3) is 10.9 Å². The van der Waals surface area contributed by atoms with E-state index in [4.69, 9.17) is 4.74 Å². The number of fused-ring (bicyclic) bond motifs is 1. The summed E-state index contributed by atoms with van der Waals surface area (Å²) in [5, 5.41) is 4.18. The van der Waals surface area contributed by atoms with Gasteiger partial charge in [-0.1, -0.05) is 24.3 Å². The second kappa shape index (κ2) is 8.67. The van der Waals surface area contributed by atoms with Crippen molar-refractivity contribution in [2.75, 3.05) is 45.9 Å². The van der Waals surface area contributed by atoms with Crippen molar-refractivity contribution in [2.24, 2.45) is 5.92 Å². The Labute approximate surface area is 160 Å². The van der Waals surface area contributed by atoms with Gasteiger partial charge in [0.15, 0.2) is 0 Å². The lowest BCUT2D eigenvalue weighted by Crippen LogP contribution is -2.47. The number of morpholine rings is 1. The first-order valence-corrected chi connectivity index (χ1v) is 9.95. The monoisotopic (exact) mass is 368 g/mol. The van der Waals surface area contributed by atoms with Gasteiger partial charge >= 0.3 is 6.03 Å². The highest BCUT2D eigenvalue weighted by atomic mass is 16.5. The number of aromatic nitrogens is 1. The molecule has 6 heteroatoms. The number of benzene rings is 1. The Hall–Kier alpha value is -2.18. The molecule has 2 aromatic rings. The van der Waals surface area contributed by atoms with Crippen LogP contribution < -0.4 is 5.32 Å². The highest BCUT2D eigenvalue weighted by Crippen LogP contribution is 2.20. The maximum absolute atomic E-state index is 12.6. The summed E-state index contributed by atoms with van der Waals surface area (Å²) in [4.78, 5) is 21.5. The number of hydrogen-bond donors (Lipinski definition) is 1. The first kappa shape index (κ1) is 18.2. The zero-order valence-electron chi connectivity index (χ0n) is 15.8. The van der Waals surface area contributed by atoms with E-state index in [0.29, 0.717) is 12.5 Å². The van der Waals surface area contributed by atoms with Gasteiger partial charge in [0.05, 0.1) is 18.7 Å². The summed E-state index contributed by atoms with van der Waals surface area (Å²) in [7, 11) is 0. The highest BCUT2D eigenvalue weighted by molar-refractivity contribution is 5.82. The second-order valence-corrected chi connectivity index (χ2v) is 7.49. The van der Waals surface area contributed by atoms with Gasteiger partial charge in [-0.3, -0.25) is 9.88 Å². The number of nitrogens with zero attached hydrogens (tertiary/aromatic N) is 3. The Kier molecular flexibility index (Phi) is 5.84. The molecule has 1 aromatic carbocycles. The van der Waals surface area contributed by atoms with Gasteiger partial charge in [0.1, 0.15) is 0 Å². The zero-order chi connectivity index (χ0) is 18.5. The number of piperidine rings is 1. The van der Waals surface area contributed by atoms with E-state index in [1.807, 2.05) is 35.2 Å². The standard InChI is InChI=1S/C21H28N4O2/c26-21(23-15-19-4-1-3-18-5-2-8-22-20(18)19)25-9-6-17(7-10-25)16-24-11-13-27-14-12-24/h1-5,8,17H,6-7,9-16H2,(H,23,26). The molecule has 2 aliphatic heterocycles. The molecule has 4 rings (SSSR count). The fraction of sp³-hybridized carbons (Fsp3) is 0.524. The Morgan fingerprint density at radius 1 is 1.11 bits per heavy atom. The van der Waals surface area contributed by atoms with Gasteiger partial charge in [0.2, 0.25) is 0 Å². The number of hydrogen-bond acceptors (Lipinski definition) is 4. The SMILES string of the molecule is O=C(NCc1cccc2cccnc12)N1CCC(CN2CCOCC2)CC1. The van der Waals surface area contributed by atoms with E-state index in [-0.39, 0.29) is 6.03 Å². The molecule has 1 aromatic heterocycles. The third kappa shape index (κ3) is 4.57. The minimum absolute atomic E-state index is 0.0350. The molecule has 2 saturated heterocycles. The Morgan fingerprint density at radius 3 is 2.70 bits per heavy atom. The number of carbonyl (C=O) groups is 1. The maximum atomic E-state index is 12.6. The lowest BCUT2D eigenvalue weighted by atomic mass is 9.96. The molecular weight excluding hydrogens is 340 g/mol. The number of urea groups is 1. The first-order chi connectivity index (χ1) is 13.3. The van der Waals surface area contributed by atoms with Gasteiger partial charge in [0.25, 0.3) is 0 Å². The molecule has 2 aliphatic rings. The molecule has 0 saturated carbocycles. The number of nitrogens with one attached hydrogen (secondary N) is 1. The normalized spacial score (nSPS) is 19.3. The van der Waals surface area contributed by atoms with Crippen molar-refractivity contribution in [3.05, 3.63) is 42.1 Å². The number of para-hydroxylation sites is 1. The average Bonchev–Trinajstić information content (AvgIpc) is 2.73. The predicted molar refractivity (Wildman–Crippen MR) is 106 cm³/mol. The number of pyridine rings is 1. The van der Waals surface area contributed by atoms with E-state index >= 15 is 0 Å². The lowest BCUT2D eigenvalue weighted by Gasteiger charge is -2.36. The minimum Gasteiger partial charge on any atom is -0.379 e. The zero-order valence-corrected chi connectivity index (χ0v) is 15.8. The maximum Gasteiger partial charge on any atom is 0.317 e. The molecule has 144 valence electrons. The largest absolute Gasteiger partial charge is 0.379 e. The first-order valence-electron chi connectivity index (χ1n) is 9.95. The Bertz CT molecular complexity index is 762. The number of rotatable bonds is 4. The molecular formula is C21H28N4O2. The molecule has 0 bridgehead atoms. The molecule has 2 amide bonds. The molecule has 27 heavy (non-hydrogen) atoms. The Balaban J connectivity index is 1.26. The molecule has 1 N–H and O–H groups in total. The quantitative estimate of drug-likeness (QED) is 0.901. The summed E-state index contributed by atoms with van der Waals surface area (Å²) >= 11 is 0. The Morgan fingerprint density at radius 2 is 1.89 bits per heavy atom. The van der Waals surface area contributed by atoms with Crippen LogP contribution in [0.5, 0.6) is 0 Å². The summed E-state index contributed by atoms with van der Waals surface area (Å²) in [5.41, 5.74) is 2.02. The molecule has 0 atom stereocenters. The van der Waals surface area contributed by atoms with Gasteiger partial charge in [-0.15, -0.1) is 0 Å². The molecule has 2 fully saturated rings. The second-order valence-electron chi connectivity index (χ2n) is 7.49. The number of ether oxygens (including phenoxy) is 1. The van der Waals surface area contributed by atoms with Crippen LogP contribution in [0.15, 0.2) is 36.5 Å². The van der Waals surface area contributed by atoms with Crippen molar-refractivity contribution >= 4 is 16.9 Å². The van der Waals surface area contributed by atoms with Crippen molar-refractivity contribution in [1.29, 1.82) is 0 Å². The molecule has 0 aliphatic carbocycles. The third-order valence-corrected chi connectivity index (χ3v) is 5.67. The number of carbonyl (C=O) groups excluding carboxylic acids is 1. The summed E-state index contributed by atoms with van der Waals surface area (Å²) in [5.74, 6) is 0.689. The van der Waals surface area contributed by atoms with E-state index in [2.05, 4.69) is 15.2 Å². The van der Waals surface area contributed by atoms with Crippen LogP contribution in [0.1, 0.15) is 18.4 Å².